The Balaban J connectivity index is 1.98. The van der Waals surface area contributed by atoms with Crippen molar-refractivity contribution in [3.05, 3.63) is 30.1 Å². The average Bonchev–Trinajstić information content (AvgIpc) is 3.14. The van der Waals surface area contributed by atoms with Gasteiger partial charge < -0.3 is 5.11 Å². The summed E-state index contributed by atoms with van der Waals surface area (Å²) in [4.78, 5) is 11.0. The number of carbonyl (C=O) groups is 1. The number of fused-ring (bicyclic) bond motifs is 1. The first-order valence-corrected chi connectivity index (χ1v) is 9.03. The summed E-state index contributed by atoms with van der Waals surface area (Å²) >= 11 is 1.03. The molecule has 1 saturated carbocycles. The molecule has 0 atom stereocenters. The fourth-order valence-electron chi connectivity index (χ4n) is 2.23. The highest BCUT2D eigenvalue weighted by molar-refractivity contribution is 7.91. The molecule has 0 bridgehead atoms. The third kappa shape index (κ3) is 3.13. The van der Waals surface area contributed by atoms with Crippen LogP contribution in [-0.2, 0) is 14.8 Å². The summed E-state index contributed by atoms with van der Waals surface area (Å²) in [6.45, 7) is -0.335. The standard InChI is InChI=1S/C14H14FNO4S2/c15-11-3-4-12-10(5-11)6-14(21-12)22(19,20)16(8-13(17)18)7-9-1-2-9/h3-6,9H,1-2,7-8H2,(H,17,18). The predicted molar refractivity (Wildman–Crippen MR) is 80.9 cm³/mol. The molecule has 0 amide bonds. The van der Waals surface area contributed by atoms with Crippen LogP contribution in [0.1, 0.15) is 12.8 Å². The van der Waals surface area contributed by atoms with E-state index in [9.17, 15) is 17.6 Å². The van der Waals surface area contributed by atoms with Crippen LogP contribution in [0.4, 0.5) is 4.39 Å². The number of nitrogens with zero attached hydrogens (tertiary/aromatic N) is 1. The molecular weight excluding hydrogens is 329 g/mol. The monoisotopic (exact) mass is 343 g/mol. The first-order chi connectivity index (χ1) is 10.4. The number of thiophene rings is 1. The van der Waals surface area contributed by atoms with Crippen LogP contribution in [0.2, 0.25) is 0 Å². The van der Waals surface area contributed by atoms with Gasteiger partial charge in [0.15, 0.2) is 0 Å². The summed E-state index contributed by atoms with van der Waals surface area (Å²) in [7, 11) is -3.88. The molecule has 1 aromatic carbocycles. The van der Waals surface area contributed by atoms with Gasteiger partial charge in [0, 0.05) is 11.2 Å². The lowest BCUT2D eigenvalue weighted by molar-refractivity contribution is -0.137. The minimum absolute atomic E-state index is 0.0509. The predicted octanol–water partition coefficient (Wildman–Crippen LogP) is 2.53. The van der Waals surface area contributed by atoms with Crippen LogP contribution in [0.15, 0.2) is 28.5 Å². The van der Waals surface area contributed by atoms with Gasteiger partial charge in [-0.1, -0.05) is 0 Å². The van der Waals surface area contributed by atoms with Crippen LogP contribution in [0, 0.1) is 11.7 Å². The molecule has 1 aliphatic carbocycles. The number of rotatable bonds is 6. The second-order valence-electron chi connectivity index (χ2n) is 5.38. The molecular formula is C14H14FNO4S2. The third-order valence-electron chi connectivity index (χ3n) is 3.52. The van der Waals surface area contributed by atoms with Crippen molar-refractivity contribution < 1.29 is 22.7 Å². The van der Waals surface area contributed by atoms with Crippen LogP contribution < -0.4 is 0 Å². The van der Waals surface area contributed by atoms with E-state index in [-0.39, 0.29) is 16.7 Å². The number of hydrogen-bond donors (Lipinski definition) is 1. The van der Waals surface area contributed by atoms with E-state index in [1.165, 1.54) is 24.3 Å². The van der Waals surface area contributed by atoms with Gasteiger partial charge in [0.25, 0.3) is 10.0 Å². The molecule has 0 unspecified atom stereocenters. The Hall–Kier alpha value is -1.51. The van der Waals surface area contributed by atoms with Gasteiger partial charge in [-0.3, -0.25) is 4.79 Å². The Kier molecular flexibility index (Phi) is 3.92. The van der Waals surface area contributed by atoms with E-state index in [0.29, 0.717) is 10.1 Å². The molecule has 3 rings (SSSR count). The van der Waals surface area contributed by atoms with Crippen LogP contribution in [0.5, 0.6) is 0 Å². The van der Waals surface area contributed by atoms with E-state index in [2.05, 4.69) is 0 Å². The lowest BCUT2D eigenvalue weighted by atomic mass is 10.3. The van der Waals surface area contributed by atoms with E-state index in [4.69, 9.17) is 5.11 Å². The maximum Gasteiger partial charge on any atom is 0.318 e. The second-order valence-corrected chi connectivity index (χ2v) is 8.63. The Bertz CT molecular complexity index is 826. The van der Waals surface area contributed by atoms with Crippen molar-refractivity contribution >= 4 is 37.4 Å². The van der Waals surface area contributed by atoms with Crippen molar-refractivity contribution in [2.75, 3.05) is 13.1 Å². The Morgan fingerprint density at radius 3 is 2.73 bits per heavy atom. The Morgan fingerprint density at radius 1 is 1.36 bits per heavy atom. The molecule has 2 aromatic rings. The van der Waals surface area contributed by atoms with Gasteiger partial charge in [-0.05, 0) is 48.4 Å². The number of hydrogen-bond acceptors (Lipinski definition) is 4. The van der Waals surface area contributed by atoms with Gasteiger partial charge in [0.05, 0.1) is 0 Å². The fourth-order valence-corrected chi connectivity index (χ4v) is 5.23. The molecule has 1 N–H and O–H groups in total. The van der Waals surface area contributed by atoms with E-state index in [0.717, 1.165) is 28.5 Å². The maximum absolute atomic E-state index is 13.2. The molecule has 5 nitrogen and oxygen atoms in total. The zero-order chi connectivity index (χ0) is 15.9. The maximum atomic E-state index is 13.2. The number of halogens is 1. The molecule has 8 heteroatoms. The van der Waals surface area contributed by atoms with Gasteiger partial charge in [-0.2, -0.15) is 4.31 Å². The highest BCUT2D eigenvalue weighted by atomic mass is 32.2. The van der Waals surface area contributed by atoms with Crippen molar-refractivity contribution in [1.29, 1.82) is 0 Å². The van der Waals surface area contributed by atoms with Crippen molar-refractivity contribution in [1.82, 2.24) is 4.31 Å². The van der Waals surface area contributed by atoms with Crippen molar-refractivity contribution in [3.63, 3.8) is 0 Å². The van der Waals surface area contributed by atoms with E-state index in [1.807, 2.05) is 0 Å². The first-order valence-electron chi connectivity index (χ1n) is 6.77. The number of sulfonamides is 1. The number of carboxylic acid groups (broad SMARTS) is 1. The lowest BCUT2D eigenvalue weighted by Crippen LogP contribution is -2.36. The molecule has 0 aliphatic heterocycles. The van der Waals surface area contributed by atoms with Gasteiger partial charge in [0.1, 0.15) is 16.6 Å². The first kappa shape index (κ1) is 15.4. The zero-order valence-corrected chi connectivity index (χ0v) is 13.2. The molecule has 1 fully saturated rings. The Labute approximate surface area is 131 Å². The minimum Gasteiger partial charge on any atom is -0.480 e. The van der Waals surface area contributed by atoms with Crippen molar-refractivity contribution in [3.8, 4) is 0 Å². The van der Waals surface area contributed by atoms with E-state index < -0.39 is 28.4 Å². The normalized spacial score (nSPS) is 15.5. The van der Waals surface area contributed by atoms with Crippen LogP contribution in [0.3, 0.4) is 0 Å². The molecule has 1 heterocycles. The summed E-state index contributed by atoms with van der Waals surface area (Å²) in [5, 5.41) is 9.46. The fraction of sp³-hybridized carbons (Fsp3) is 0.357. The SMILES string of the molecule is O=C(O)CN(CC1CC1)S(=O)(=O)c1cc2cc(F)ccc2s1. The molecule has 1 aromatic heterocycles. The van der Waals surface area contributed by atoms with Gasteiger partial charge >= 0.3 is 5.97 Å². The summed E-state index contributed by atoms with van der Waals surface area (Å²) in [6.07, 6.45) is 1.84. The van der Waals surface area contributed by atoms with Crippen molar-refractivity contribution in [2.45, 2.75) is 17.1 Å². The molecule has 1 aliphatic rings. The summed E-state index contributed by atoms with van der Waals surface area (Å²) < 4.78 is 40.3. The van der Waals surface area contributed by atoms with Crippen LogP contribution >= 0.6 is 11.3 Å². The van der Waals surface area contributed by atoms with Gasteiger partial charge in [-0.15, -0.1) is 11.3 Å². The van der Waals surface area contributed by atoms with E-state index >= 15 is 0 Å². The molecule has 0 radical (unpaired) electrons. The van der Waals surface area contributed by atoms with Gasteiger partial charge in [-0.25, -0.2) is 12.8 Å². The largest absolute Gasteiger partial charge is 0.480 e. The molecule has 0 saturated heterocycles. The van der Waals surface area contributed by atoms with Crippen LogP contribution in [0.25, 0.3) is 10.1 Å². The van der Waals surface area contributed by atoms with Crippen LogP contribution in [-0.4, -0.2) is 36.9 Å². The highest BCUT2D eigenvalue weighted by Gasteiger charge is 2.33. The number of carboxylic acids is 1. The molecule has 118 valence electrons. The topological polar surface area (TPSA) is 74.7 Å². The Morgan fingerprint density at radius 2 is 2.09 bits per heavy atom. The lowest BCUT2D eigenvalue weighted by Gasteiger charge is -2.18. The smallest absolute Gasteiger partial charge is 0.318 e. The third-order valence-corrected chi connectivity index (χ3v) is 6.90. The summed E-state index contributed by atoms with van der Waals surface area (Å²) in [5.74, 6) is -1.38. The number of aliphatic carboxylic acids is 1. The zero-order valence-electron chi connectivity index (χ0n) is 11.5. The van der Waals surface area contributed by atoms with Gasteiger partial charge in [0.2, 0.25) is 0 Å². The number of benzene rings is 1. The minimum atomic E-state index is -3.88. The summed E-state index contributed by atoms with van der Waals surface area (Å²) in [6, 6.07) is 5.47. The van der Waals surface area contributed by atoms with Crippen molar-refractivity contribution in [2.24, 2.45) is 5.92 Å². The molecule has 0 spiro atoms. The highest BCUT2D eigenvalue weighted by Crippen LogP contribution is 2.35. The summed E-state index contributed by atoms with van der Waals surface area (Å²) in [5.41, 5.74) is 0. The average molecular weight is 343 g/mol. The quantitative estimate of drug-likeness (QED) is 0.874. The second kappa shape index (κ2) is 5.60. The molecule has 22 heavy (non-hydrogen) atoms. The van der Waals surface area contributed by atoms with E-state index in [1.54, 1.807) is 0 Å².